The van der Waals surface area contributed by atoms with Gasteiger partial charge < -0.3 is 10.4 Å². The molecule has 0 heterocycles. The monoisotopic (exact) mass is 231 g/mol. The first-order chi connectivity index (χ1) is 8.13. The van der Waals surface area contributed by atoms with E-state index in [1.165, 1.54) is 12.1 Å². The minimum atomic E-state index is -0.985. The Balaban J connectivity index is 2.53. The van der Waals surface area contributed by atoms with Gasteiger partial charge in [-0.15, -0.1) is 11.8 Å². The predicted octanol–water partition coefficient (Wildman–Crippen LogP) is 2.13. The molecule has 0 aliphatic carbocycles. The van der Waals surface area contributed by atoms with Crippen molar-refractivity contribution in [2.75, 3.05) is 5.32 Å². The molecule has 0 bridgehead atoms. The van der Waals surface area contributed by atoms with Crippen LogP contribution in [0.4, 0.5) is 5.69 Å². The van der Waals surface area contributed by atoms with Crippen LogP contribution in [0, 0.1) is 11.8 Å². The van der Waals surface area contributed by atoms with Gasteiger partial charge in [-0.3, -0.25) is 4.79 Å². The van der Waals surface area contributed by atoms with Gasteiger partial charge in [0.15, 0.2) is 0 Å². The van der Waals surface area contributed by atoms with Crippen molar-refractivity contribution < 1.29 is 14.7 Å². The van der Waals surface area contributed by atoms with E-state index in [0.29, 0.717) is 18.5 Å². The lowest BCUT2D eigenvalue weighted by molar-refractivity contribution is -0.116. The summed E-state index contributed by atoms with van der Waals surface area (Å²) >= 11 is 0. The Kier molecular flexibility index (Phi) is 4.77. The average molecular weight is 231 g/mol. The number of aromatic carboxylic acids is 1. The van der Waals surface area contributed by atoms with Crippen LogP contribution in [-0.4, -0.2) is 17.0 Å². The summed E-state index contributed by atoms with van der Waals surface area (Å²) < 4.78 is 0. The van der Waals surface area contributed by atoms with Crippen LogP contribution in [0.3, 0.4) is 0 Å². The number of carboxylic acids is 1. The molecular formula is C13H13NO3. The van der Waals surface area contributed by atoms with Gasteiger partial charge in [-0.05, 0) is 31.2 Å². The van der Waals surface area contributed by atoms with Crippen LogP contribution in [0.1, 0.15) is 30.1 Å². The van der Waals surface area contributed by atoms with E-state index >= 15 is 0 Å². The number of carbonyl (C=O) groups excluding carboxylic acids is 1. The minimum Gasteiger partial charge on any atom is -0.478 e. The van der Waals surface area contributed by atoms with Crippen LogP contribution < -0.4 is 5.32 Å². The Morgan fingerprint density at radius 2 is 1.94 bits per heavy atom. The van der Waals surface area contributed by atoms with Crippen LogP contribution in [0.15, 0.2) is 24.3 Å². The Morgan fingerprint density at radius 1 is 1.29 bits per heavy atom. The number of benzene rings is 1. The van der Waals surface area contributed by atoms with E-state index in [2.05, 4.69) is 17.2 Å². The predicted molar refractivity (Wildman–Crippen MR) is 64.7 cm³/mol. The molecule has 88 valence electrons. The normalized spacial score (nSPS) is 9.00. The number of rotatable bonds is 4. The second-order valence-electron chi connectivity index (χ2n) is 3.36. The van der Waals surface area contributed by atoms with Gasteiger partial charge >= 0.3 is 5.97 Å². The molecule has 0 atom stereocenters. The molecule has 1 amide bonds. The first kappa shape index (κ1) is 12.8. The van der Waals surface area contributed by atoms with Gasteiger partial charge in [0.05, 0.1) is 5.56 Å². The third kappa shape index (κ3) is 4.39. The van der Waals surface area contributed by atoms with Gasteiger partial charge in [0.2, 0.25) is 5.91 Å². The van der Waals surface area contributed by atoms with E-state index in [9.17, 15) is 9.59 Å². The number of hydrogen-bond donors (Lipinski definition) is 2. The van der Waals surface area contributed by atoms with Crippen molar-refractivity contribution in [3.8, 4) is 11.8 Å². The molecule has 0 radical (unpaired) electrons. The van der Waals surface area contributed by atoms with Crippen molar-refractivity contribution >= 4 is 17.6 Å². The van der Waals surface area contributed by atoms with E-state index < -0.39 is 5.97 Å². The zero-order valence-electron chi connectivity index (χ0n) is 9.49. The lowest BCUT2D eigenvalue weighted by atomic mass is 10.2. The molecule has 0 aromatic heterocycles. The highest BCUT2D eigenvalue weighted by Crippen LogP contribution is 2.10. The molecule has 0 saturated heterocycles. The van der Waals surface area contributed by atoms with E-state index in [4.69, 9.17) is 5.11 Å². The molecule has 2 N–H and O–H groups in total. The van der Waals surface area contributed by atoms with Crippen molar-refractivity contribution in [2.45, 2.75) is 19.8 Å². The lowest BCUT2D eigenvalue weighted by Crippen LogP contribution is -2.10. The molecule has 0 aliphatic rings. The first-order valence-electron chi connectivity index (χ1n) is 5.16. The van der Waals surface area contributed by atoms with Crippen molar-refractivity contribution in [1.82, 2.24) is 0 Å². The maximum atomic E-state index is 11.4. The molecule has 4 heteroatoms. The largest absolute Gasteiger partial charge is 0.478 e. The molecule has 1 aromatic rings. The van der Waals surface area contributed by atoms with Crippen molar-refractivity contribution in [3.05, 3.63) is 29.8 Å². The van der Waals surface area contributed by atoms with E-state index in [0.717, 1.165) is 0 Å². The van der Waals surface area contributed by atoms with Crippen LogP contribution >= 0.6 is 0 Å². The van der Waals surface area contributed by atoms with Crippen LogP contribution in [-0.2, 0) is 4.79 Å². The van der Waals surface area contributed by atoms with Crippen LogP contribution in [0.2, 0.25) is 0 Å². The van der Waals surface area contributed by atoms with Gasteiger partial charge in [-0.25, -0.2) is 4.79 Å². The first-order valence-corrected chi connectivity index (χ1v) is 5.16. The van der Waals surface area contributed by atoms with Crippen molar-refractivity contribution in [2.24, 2.45) is 0 Å². The summed E-state index contributed by atoms with van der Waals surface area (Å²) in [6.45, 7) is 1.72. The topological polar surface area (TPSA) is 66.4 Å². The van der Waals surface area contributed by atoms with Crippen LogP contribution in [0.25, 0.3) is 0 Å². The smallest absolute Gasteiger partial charge is 0.335 e. The van der Waals surface area contributed by atoms with E-state index in [-0.39, 0.29) is 11.5 Å². The van der Waals surface area contributed by atoms with Gasteiger partial charge in [0, 0.05) is 18.5 Å². The molecule has 4 nitrogen and oxygen atoms in total. The minimum absolute atomic E-state index is 0.129. The maximum absolute atomic E-state index is 11.4. The van der Waals surface area contributed by atoms with E-state index in [1.807, 2.05) is 0 Å². The van der Waals surface area contributed by atoms with Crippen LogP contribution in [0.5, 0.6) is 0 Å². The maximum Gasteiger partial charge on any atom is 0.335 e. The number of amides is 1. The Bertz CT molecular complexity index is 466. The molecule has 0 unspecified atom stereocenters. The van der Waals surface area contributed by atoms with Gasteiger partial charge in [0.25, 0.3) is 0 Å². The highest BCUT2D eigenvalue weighted by molar-refractivity contribution is 5.92. The summed E-state index contributed by atoms with van der Waals surface area (Å²) in [5, 5.41) is 11.4. The summed E-state index contributed by atoms with van der Waals surface area (Å²) in [6, 6.07) is 6.02. The second-order valence-corrected chi connectivity index (χ2v) is 3.36. The molecule has 0 fully saturated rings. The molecule has 0 saturated carbocycles. The summed E-state index contributed by atoms with van der Waals surface area (Å²) in [7, 11) is 0. The fraction of sp³-hybridized carbons (Fsp3) is 0.231. The Hall–Kier alpha value is -2.28. The zero-order chi connectivity index (χ0) is 12.7. The fourth-order valence-electron chi connectivity index (χ4n) is 1.22. The molecule has 17 heavy (non-hydrogen) atoms. The molecular weight excluding hydrogens is 218 g/mol. The number of nitrogens with one attached hydrogen (secondary N) is 1. The molecule has 0 aliphatic heterocycles. The van der Waals surface area contributed by atoms with Crippen molar-refractivity contribution in [3.63, 3.8) is 0 Å². The second kappa shape index (κ2) is 6.33. The third-order valence-electron chi connectivity index (χ3n) is 2.07. The summed E-state index contributed by atoms with van der Waals surface area (Å²) in [5.41, 5.74) is 0.782. The SMILES string of the molecule is CC#CCCC(=O)Nc1ccc(C(=O)O)cc1. The molecule has 0 spiro atoms. The Labute approximate surface area is 99.7 Å². The van der Waals surface area contributed by atoms with Gasteiger partial charge in [-0.1, -0.05) is 0 Å². The summed E-state index contributed by atoms with van der Waals surface area (Å²) in [6.07, 6.45) is 0.858. The Morgan fingerprint density at radius 3 is 2.47 bits per heavy atom. The third-order valence-corrected chi connectivity index (χ3v) is 2.07. The summed E-state index contributed by atoms with van der Waals surface area (Å²) in [4.78, 5) is 22.0. The lowest BCUT2D eigenvalue weighted by Gasteiger charge is -2.03. The van der Waals surface area contributed by atoms with Gasteiger partial charge in [-0.2, -0.15) is 0 Å². The summed E-state index contributed by atoms with van der Waals surface area (Å²) in [5.74, 6) is 4.40. The number of hydrogen-bond acceptors (Lipinski definition) is 2. The van der Waals surface area contributed by atoms with Crippen molar-refractivity contribution in [1.29, 1.82) is 0 Å². The molecule has 1 aromatic carbocycles. The standard InChI is InChI=1S/C13H13NO3/c1-2-3-4-5-12(15)14-11-8-6-10(7-9-11)13(16)17/h6-9H,4-5H2,1H3,(H,14,15)(H,16,17). The fourth-order valence-corrected chi connectivity index (χ4v) is 1.22. The quantitative estimate of drug-likeness (QED) is 0.780. The number of carbonyl (C=O) groups is 2. The molecule has 1 rings (SSSR count). The number of carboxylic acid groups (broad SMARTS) is 1. The highest BCUT2D eigenvalue weighted by atomic mass is 16.4. The number of anilines is 1. The average Bonchev–Trinajstić information content (AvgIpc) is 2.30. The zero-order valence-corrected chi connectivity index (χ0v) is 9.49. The highest BCUT2D eigenvalue weighted by Gasteiger charge is 2.04. The van der Waals surface area contributed by atoms with Gasteiger partial charge in [0.1, 0.15) is 0 Å². The van der Waals surface area contributed by atoms with E-state index in [1.54, 1.807) is 19.1 Å².